The largest absolute Gasteiger partial charge is 0.419 e. The zero-order chi connectivity index (χ0) is 24.5. The maximum absolute atomic E-state index is 12.1. The number of ether oxygens (including phenoxy) is 1. The molecule has 10 nitrogen and oxygen atoms in total. The summed E-state index contributed by atoms with van der Waals surface area (Å²) in [5.41, 5.74) is 7.76. The Hall–Kier alpha value is -3.05. The van der Waals surface area contributed by atoms with E-state index >= 15 is 0 Å². The number of sulfonamides is 1. The molecule has 2 unspecified atom stereocenters. The quantitative estimate of drug-likeness (QED) is 0.345. The number of fused-ring (bicyclic) bond motifs is 1. The molecule has 182 valence electrons. The maximum atomic E-state index is 12.1. The van der Waals surface area contributed by atoms with E-state index in [4.69, 9.17) is 21.3 Å². The highest BCUT2D eigenvalue weighted by atomic mass is 32.2. The van der Waals surface area contributed by atoms with Gasteiger partial charge in [0.15, 0.2) is 11.5 Å². The summed E-state index contributed by atoms with van der Waals surface area (Å²) in [5, 5.41) is 16.5. The van der Waals surface area contributed by atoms with E-state index in [1.54, 1.807) is 25.3 Å². The summed E-state index contributed by atoms with van der Waals surface area (Å²) in [6, 6.07) is 7.33. The van der Waals surface area contributed by atoms with E-state index in [9.17, 15) is 8.42 Å². The van der Waals surface area contributed by atoms with Gasteiger partial charge >= 0.3 is 0 Å². The van der Waals surface area contributed by atoms with E-state index in [1.165, 1.54) is 0 Å². The number of hydrogen-bond acceptors (Lipinski definition) is 9. The zero-order valence-corrected chi connectivity index (χ0v) is 20.2. The van der Waals surface area contributed by atoms with Gasteiger partial charge in [0.25, 0.3) is 0 Å². The number of nitrogens with two attached hydrogens (primary N) is 1. The van der Waals surface area contributed by atoms with Crippen molar-refractivity contribution in [1.29, 1.82) is 10.8 Å². The first-order chi connectivity index (χ1) is 16.2. The fourth-order valence-electron chi connectivity index (χ4n) is 4.72. The van der Waals surface area contributed by atoms with Gasteiger partial charge in [-0.1, -0.05) is 19.1 Å². The third-order valence-corrected chi connectivity index (χ3v) is 8.15. The van der Waals surface area contributed by atoms with Gasteiger partial charge in [-0.2, -0.15) is 0 Å². The fraction of sp³-hybridized carbons (Fsp3) is 0.478. The van der Waals surface area contributed by atoms with Crippen molar-refractivity contribution < 1.29 is 13.2 Å². The van der Waals surface area contributed by atoms with E-state index in [2.05, 4.69) is 26.5 Å². The minimum Gasteiger partial charge on any atom is -0.419 e. The van der Waals surface area contributed by atoms with Crippen LogP contribution in [-0.4, -0.2) is 55.1 Å². The zero-order valence-electron chi connectivity index (χ0n) is 19.4. The van der Waals surface area contributed by atoms with Crippen LogP contribution < -0.4 is 15.4 Å². The van der Waals surface area contributed by atoms with Crippen LogP contribution >= 0.6 is 0 Å². The molecule has 2 aromatic rings. The Morgan fingerprint density at radius 2 is 1.91 bits per heavy atom. The first kappa shape index (κ1) is 24.1. The molecule has 2 fully saturated rings. The van der Waals surface area contributed by atoms with Crippen molar-refractivity contribution in [3.05, 3.63) is 47.3 Å². The lowest BCUT2D eigenvalue weighted by atomic mass is 9.98. The van der Waals surface area contributed by atoms with Gasteiger partial charge in [-0.15, -0.1) is 0 Å². The predicted octanol–water partition coefficient (Wildman–Crippen LogP) is 2.14. The van der Waals surface area contributed by atoms with E-state index in [1.807, 2.05) is 12.1 Å². The molecule has 2 aliphatic rings. The van der Waals surface area contributed by atoms with Crippen molar-refractivity contribution in [2.45, 2.75) is 39.2 Å². The van der Waals surface area contributed by atoms with Crippen LogP contribution in [0, 0.1) is 22.7 Å². The number of nitrogen functional groups attached to an aromatic ring is 1. The van der Waals surface area contributed by atoms with E-state index in [-0.39, 0.29) is 41.0 Å². The molecule has 1 aromatic heterocycles. The molecule has 1 aromatic carbocycles. The number of aryl methyl sites for hydroxylation is 1. The first-order valence-corrected chi connectivity index (χ1v) is 13.2. The molecular weight excluding hydrogens is 454 g/mol. The number of benzene rings is 1. The summed E-state index contributed by atoms with van der Waals surface area (Å²) in [4.78, 5) is 10.8. The highest BCUT2D eigenvalue weighted by Crippen LogP contribution is 2.39. The van der Waals surface area contributed by atoms with Crippen molar-refractivity contribution in [3.63, 3.8) is 0 Å². The second-order valence-electron chi connectivity index (χ2n) is 8.81. The van der Waals surface area contributed by atoms with Gasteiger partial charge in [0.05, 0.1) is 11.9 Å². The summed E-state index contributed by atoms with van der Waals surface area (Å²) >= 11 is 0. The van der Waals surface area contributed by atoms with Gasteiger partial charge in [0.1, 0.15) is 5.82 Å². The van der Waals surface area contributed by atoms with Gasteiger partial charge in [0.2, 0.25) is 21.8 Å². The lowest BCUT2D eigenvalue weighted by Gasteiger charge is -2.22. The number of nitrogens with one attached hydrogen (secondary N) is 3. The molecule has 1 saturated carbocycles. The fourth-order valence-corrected chi connectivity index (χ4v) is 5.64. The van der Waals surface area contributed by atoms with Crippen LogP contribution in [0.25, 0.3) is 0 Å². The van der Waals surface area contributed by atoms with Crippen LogP contribution in [0.15, 0.2) is 30.5 Å². The highest BCUT2D eigenvalue weighted by Gasteiger charge is 2.44. The van der Waals surface area contributed by atoms with Crippen molar-refractivity contribution in [2.24, 2.45) is 11.8 Å². The Labute approximate surface area is 200 Å². The number of anilines is 2. The van der Waals surface area contributed by atoms with Gasteiger partial charge in [-0.05, 0) is 55.7 Å². The third kappa shape index (κ3) is 5.05. The highest BCUT2D eigenvalue weighted by molar-refractivity contribution is 7.89. The normalized spacial score (nSPS) is 21.9. The summed E-state index contributed by atoms with van der Waals surface area (Å²) in [5.74, 6) is 0.725. The minimum atomic E-state index is -3.26. The lowest BCUT2D eigenvalue weighted by Crippen LogP contribution is -2.40. The second-order valence-corrected chi connectivity index (χ2v) is 10.8. The van der Waals surface area contributed by atoms with Crippen LogP contribution in [0.2, 0.25) is 0 Å². The molecule has 4 rings (SSSR count). The molecule has 1 aliphatic carbocycles. The molecule has 0 amide bonds. The summed E-state index contributed by atoms with van der Waals surface area (Å²) in [6.45, 7) is 5.07. The Kier molecular flexibility index (Phi) is 6.85. The number of hydrogen-bond donors (Lipinski definition) is 4. The summed E-state index contributed by atoms with van der Waals surface area (Å²) in [6.07, 6.45) is 4.24. The molecule has 34 heavy (non-hydrogen) atoms. The second kappa shape index (κ2) is 9.67. The maximum Gasteiger partial charge on any atom is 0.243 e. The Morgan fingerprint density at radius 3 is 2.59 bits per heavy atom. The number of nitrogens with zero attached hydrogens (tertiary/aromatic N) is 3. The third-order valence-electron chi connectivity index (χ3n) is 6.72. The van der Waals surface area contributed by atoms with E-state index < -0.39 is 10.0 Å². The van der Waals surface area contributed by atoms with Crippen LogP contribution in [0.3, 0.4) is 0 Å². The molecule has 0 bridgehead atoms. The molecule has 0 radical (unpaired) electrons. The van der Waals surface area contributed by atoms with Crippen LogP contribution in [0.5, 0.6) is 0 Å². The van der Waals surface area contributed by atoms with Crippen LogP contribution in [-0.2, 0) is 21.2 Å². The van der Waals surface area contributed by atoms with Gasteiger partial charge in [-0.3, -0.25) is 10.8 Å². The summed E-state index contributed by atoms with van der Waals surface area (Å²) < 4.78 is 32.4. The molecule has 0 spiro atoms. The number of rotatable bonds is 7. The molecule has 3 atom stereocenters. The molecule has 2 heterocycles. The monoisotopic (exact) mass is 485 g/mol. The first-order valence-electron chi connectivity index (χ1n) is 11.5. The molecule has 1 saturated heterocycles. The Balaban J connectivity index is 1.46. The minimum absolute atomic E-state index is 0.0517. The van der Waals surface area contributed by atoms with Crippen molar-refractivity contribution in [1.82, 2.24) is 14.7 Å². The standard InChI is InChI=1S/C23H31N7O3S/c1-3-14-5-7-15(8-6-14)22(25)33-23(26)20-21(24)27-11-19(28-20)30-12-16-9-10-18(17(16)13-30)29-34(31,32)4-2/h5-8,11,16-18,25-26,29H,3-4,9-10,12-13H2,1-2H3,(H2,24,27)/t16?,17-,18?/m0/s1. The molecule has 1 aliphatic heterocycles. The predicted molar refractivity (Wildman–Crippen MR) is 132 cm³/mol. The van der Waals surface area contributed by atoms with Crippen molar-refractivity contribution >= 4 is 33.5 Å². The average molecular weight is 486 g/mol. The smallest absolute Gasteiger partial charge is 0.243 e. The van der Waals surface area contributed by atoms with E-state index in [0.717, 1.165) is 31.4 Å². The topological polar surface area (TPSA) is 158 Å². The molecular formula is C23H31N7O3S. The molecule has 5 N–H and O–H groups in total. The van der Waals surface area contributed by atoms with Crippen LogP contribution in [0.1, 0.15) is 43.5 Å². The summed E-state index contributed by atoms with van der Waals surface area (Å²) in [7, 11) is -3.26. The van der Waals surface area contributed by atoms with Crippen molar-refractivity contribution in [2.75, 3.05) is 29.5 Å². The number of aromatic nitrogens is 2. The van der Waals surface area contributed by atoms with Gasteiger partial charge in [0, 0.05) is 24.7 Å². The van der Waals surface area contributed by atoms with E-state index in [0.29, 0.717) is 23.8 Å². The Morgan fingerprint density at radius 1 is 1.18 bits per heavy atom. The van der Waals surface area contributed by atoms with Gasteiger partial charge < -0.3 is 15.4 Å². The van der Waals surface area contributed by atoms with Crippen molar-refractivity contribution in [3.8, 4) is 0 Å². The molecule has 11 heteroatoms. The van der Waals surface area contributed by atoms with Crippen LogP contribution in [0.4, 0.5) is 11.6 Å². The van der Waals surface area contributed by atoms with Gasteiger partial charge in [-0.25, -0.2) is 23.1 Å². The average Bonchev–Trinajstić information content (AvgIpc) is 3.41. The lowest BCUT2D eigenvalue weighted by molar-refractivity contribution is 0.428. The SMILES string of the molecule is CCc1ccc(C(=N)OC(=N)c2nc(N3CC4CCC(NS(=O)(=O)CC)[C@H]4C3)cnc2N)cc1. The Bertz CT molecular complexity index is 1180.